The van der Waals surface area contributed by atoms with Gasteiger partial charge in [0.15, 0.2) is 0 Å². The van der Waals surface area contributed by atoms with Gasteiger partial charge in [-0.2, -0.15) is 0 Å². The molecule has 23 heavy (non-hydrogen) atoms. The summed E-state index contributed by atoms with van der Waals surface area (Å²) in [5.41, 5.74) is 4.53. The van der Waals surface area contributed by atoms with Crippen molar-refractivity contribution < 1.29 is 4.79 Å². The number of carbonyl (C=O) groups is 1. The molecule has 0 aliphatic carbocycles. The molecule has 0 aromatic heterocycles. The van der Waals surface area contributed by atoms with Gasteiger partial charge in [-0.3, -0.25) is 4.79 Å². The number of aryl methyl sites for hydroxylation is 1. The van der Waals surface area contributed by atoms with E-state index in [4.69, 9.17) is 12.2 Å². The van der Waals surface area contributed by atoms with Crippen LogP contribution in [0.1, 0.15) is 25.0 Å². The van der Waals surface area contributed by atoms with E-state index in [9.17, 15) is 4.79 Å². The molecule has 3 nitrogen and oxygen atoms in total. The third-order valence-electron chi connectivity index (χ3n) is 3.94. The highest BCUT2D eigenvalue weighted by Crippen LogP contribution is 2.62. The van der Waals surface area contributed by atoms with Crippen LogP contribution in [0.25, 0.3) is 5.57 Å². The number of anilines is 1. The second-order valence-corrected chi connectivity index (χ2v) is 10.0. The van der Waals surface area contributed by atoms with E-state index in [0.717, 1.165) is 15.5 Å². The number of rotatable bonds is 0. The van der Waals surface area contributed by atoms with Crippen LogP contribution in [0.4, 0.5) is 5.69 Å². The maximum atomic E-state index is 12.2. The lowest BCUT2D eigenvalue weighted by Gasteiger charge is -2.35. The minimum absolute atomic E-state index is 0.0811. The van der Waals surface area contributed by atoms with Crippen LogP contribution in [0.3, 0.4) is 0 Å². The normalized spacial score (nSPS) is 25.2. The van der Waals surface area contributed by atoms with Crippen LogP contribution in [-0.4, -0.2) is 15.8 Å². The van der Waals surface area contributed by atoms with Crippen molar-refractivity contribution in [1.82, 2.24) is 5.32 Å². The highest BCUT2D eigenvalue weighted by Gasteiger charge is 2.41. The van der Waals surface area contributed by atoms with Crippen molar-refractivity contribution >= 4 is 67.1 Å². The van der Waals surface area contributed by atoms with Gasteiger partial charge in [0.2, 0.25) is 0 Å². The number of allylic oxidation sites excluding steroid dienone is 1. The van der Waals surface area contributed by atoms with Crippen molar-refractivity contribution in [2.45, 2.75) is 26.3 Å². The van der Waals surface area contributed by atoms with Crippen LogP contribution in [0, 0.1) is 6.92 Å². The van der Waals surface area contributed by atoms with Gasteiger partial charge in [0, 0.05) is 26.6 Å². The molecule has 4 rings (SSSR count). The molecule has 0 spiro atoms. The molecule has 0 unspecified atom stereocenters. The molecule has 1 aromatic carbocycles. The largest absolute Gasteiger partial charge is 0.375 e. The summed E-state index contributed by atoms with van der Waals surface area (Å²) in [6.45, 7) is 6.45. The van der Waals surface area contributed by atoms with Gasteiger partial charge < -0.3 is 10.6 Å². The maximum absolute atomic E-state index is 12.2. The Labute approximate surface area is 152 Å². The third-order valence-corrected chi connectivity index (χ3v) is 8.10. The summed E-state index contributed by atoms with van der Waals surface area (Å²) in [5, 5.41) is 6.35. The summed E-state index contributed by atoms with van der Waals surface area (Å²) in [6.07, 6.45) is 0. The molecule has 3 heterocycles. The highest BCUT2D eigenvalue weighted by atomic mass is 33.1. The summed E-state index contributed by atoms with van der Waals surface area (Å²) in [5.74, 6) is -0.0811. The number of fused-ring (bicyclic) bond motifs is 2. The van der Waals surface area contributed by atoms with Gasteiger partial charge in [-0.15, -0.1) is 0 Å². The van der Waals surface area contributed by atoms with Crippen LogP contribution in [0.15, 0.2) is 32.9 Å². The smallest absolute Gasteiger partial charge is 0.264 e. The van der Waals surface area contributed by atoms with Crippen LogP contribution < -0.4 is 10.6 Å². The van der Waals surface area contributed by atoms with E-state index >= 15 is 0 Å². The first-order chi connectivity index (χ1) is 10.9. The van der Waals surface area contributed by atoms with E-state index in [2.05, 4.69) is 49.6 Å². The molecule has 1 fully saturated rings. The lowest BCUT2D eigenvalue weighted by molar-refractivity contribution is -0.115. The Morgan fingerprint density at radius 2 is 1.96 bits per heavy atom. The molecule has 0 atom stereocenters. The van der Waals surface area contributed by atoms with Gasteiger partial charge in [0.05, 0.1) is 10.4 Å². The van der Waals surface area contributed by atoms with Gasteiger partial charge in [-0.1, -0.05) is 57.2 Å². The Hall–Kier alpha value is -0.890. The number of hydrogen-bond acceptors (Lipinski definition) is 6. The van der Waals surface area contributed by atoms with Gasteiger partial charge in [-0.05, 0) is 32.9 Å². The van der Waals surface area contributed by atoms with Gasteiger partial charge in [0.25, 0.3) is 5.91 Å². The fourth-order valence-electron chi connectivity index (χ4n) is 2.91. The highest BCUT2D eigenvalue weighted by molar-refractivity contribution is 8.80. The van der Waals surface area contributed by atoms with Gasteiger partial charge in [-0.25, -0.2) is 0 Å². The van der Waals surface area contributed by atoms with Crippen LogP contribution in [0.5, 0.6) is 0 Å². The van der Waals surface area contributed by atoms with E-state index in [0.29, 0.717) is 4.32 Å². The van der Waals surface area contributed by atoms with Gasteiger partial charge >= 0.3 is 0 Å². The average Bonchev–Trinajstić information content (AvgIpc) is 3.03. The molecule has 1 aromatic rings. The molecule has 1 saturated heterocycles. The van der Waals surface area contributed by atoms with E-state index in [1.54, 1.807) is 21.6 Å². The first-order valence-corrected chi connectivity index (χ1v) is 10.5. The van der Waals surface area contributed by atoms with Crippen molar-refractivity contribution in [1.29, 1.82) is 0 Å². The molecule has 1 amide bonds. The van der Waals surface area contributed by atoms with Crippen molar-refractivity contribution in [3.63, 3.8) is 0 Å². The van der Waals surface area contributed by atoms with Crippen molar-refractivity contribution in [3.05, 3.63) is 44.0 Å². The number of thioether (sulfide) groups is 1. The van der Waals surface area contributed by atoms with Crippen molar-refractivity contribution in [3.8, 4) is 0 Å². The summed E-state index contributed by atoms with van der Waals surface area (Å²) in [7, 11) is 3.40. The zero-order valence-corrected chi connectivity index (χ0v) is 16.0. The SMILES string of the molecule is Cc1ccc2c(c1)C1=C(SSC1=C1SC(=S)NC1=O)C(C)(C)N2. The summed E-state index contributed by atoms with van der Waals surface area (Å²) in [6, 6.07) is 6.43. The topological polar surface area (TPSA) is 41.1 Å². The summed E-state index contributed by atoms with van der Waals surface area (Å²) < 4.78 is 0.537. The summed E-state index contributed by atoms with van der Waals surface area (Å²) in [4.78, 5) is 15.3. The first-order valence-electron chi connectivity index (χ1n) is 7.13. The molecular formula is C16H14N2OS4. The molecule has 118 valence electrons. The minimum Gasteiger partial charge on any atom is -0.375 e. The number of hydrogen-bond donors (Lipinski definition) is 2. The Bertz CT molecular complexity index is 838. The molecule has 0 bridgehead atoms. The fourth-order valence-corrected chi connectivity index (χ4v) is 7.46. The van der Waals surface area contributed by atoms with E-state index in [-0.39, 0.29) is 11.4 Å². The number of benzene rings is 1. The first kappa shape index (κ1) is 15.6. The number of amides is 1. The Morgan fingerprint density at radius 3 is 2.65 bits per heavy atom. The maximum Gasteiger partial charge on any atom is 0.264 e. The van der Waals surface area contributed by atoms with Crippen molar-refractivity contribution in [2.75, 3.05) is 5.32 Å². The molecule has 0 radical (unpaired) electrons. The zero-order valence-electron chi connectivity index (χ0n) is 12.8. The molecular weight excluding hydrogens is 364 g/mol. The van der Waals surface area contributed by atoms with Crippen LogP contribution >= 0.6 is 45.6 Å². The molecule has 3 aliphatic rings. The Balaban J connectivity index is 1.98. The predicted molar refractivity (Wildman–Crippen MR) is 106 cm³/mol. The molecule has 2 N–H and O–H groups in total. The quantitative estimate of drug-likeness (QED) is 0.389. The van der Waals surface area contributed by atoms with Crippen LogP contribution in [-0.2, 0) is 4.79 Å². The lowest BCUT2D eigenvalue weighted by Crippen LogP contribution is -2.35. The molecule has 3 aliphatic heterocycles. The average molecular weight is 379 g/mol. The number of thiocarbonyl (C=S) groups is 1. The van der Waals surface area contributed by atoms with E-state index < -0.39 is 0 Å². The lowest BCUT2D eigenvalue weighted by atomic mass is 9.88. The Kier molecular flexibility index (Phi) is 3.61. The van der Waals surface area contributed by atoms with Gasteiger partial charge in [0.1, 0.15) is 4.32 Å². The standard InChI is InChI=1S/C16H14N2OS4/c1-7-4-5-9-8(6-7)10-11(12-14(19)17-15(20)21-12)22-23-13(10)16(2,3)18-9/h4-6,18H,1-3H3,(H,17,19,20). The Morgan fingerprint density at radius 1 is 1.17 bits per heavy atom. The summed E-state index contributed by atoms with van der Waals surface area (Å²) >= 11 is 6.52. The van der Waals surface area contributed by atoms with Crippen molar-refractivity contribution in [2.24, 2.45) is 0 Å². The second kappa shape index (κ2) is 5.31. The van der Waals surface area contributed by atoms with E-state index in [1.165, 1.54) is 33.4 Å². The minimum atomic E-state index is -0.155. The number of nitrogens with one attached hydrogen (secondary N) is 2. The zero-order chi connectivity index (χ0) is 16.4. The second-order valence-electron chi connectivity index (χ2n) is 6.17. The monoisotopic (exact) mass is 378 g/mol. The fraction of sp³-hybridized carbons (Fsp3) is 0.250. The van der Waals surface area contributed by atoms with Crippen LogP contribution in [0.2, 0.25) is 0 Å². The predicted octanol–water partition coefficient (Wildman–Crippen LogP) is 4.66. The third kappa shape index (κ3) is 2.45. The molecule has 7 heteroatoms. The molecule has 0 saturated carbocycles. The number of carbonyl (C=O) groups excluding carboxylic acids is 1. The van der Waals surface area contributed by atoms with E-state index in [1.807, 2.05) is 0 Å².